The molecule has 2 heterocycles. The van der Waals surface area contributed by atoms with Crippen molar-refractivity contribution >= 4 is 5.91 Å². The lowest BCUT2D eigenvalue weighted by Gasteiger charge is -2.31. The zero-order valence-electron chi connectivity index (χ0n) is 12.0. The summed E-state index contributed by atoms with van der Waals surface area (Å²) in [4.78, 5) is 14.5. The minimum absolute atomic E-state index is 0.130. The van der Waals surface area contributed by atoms with Gasteiger partial charge in [0.1, 0.15) is 6.04 Å². The van der Waals surface area contributed by atoms with Gasteiger partial charge >= 0.3 is 0 Å². The Morgan fingerprint density at radius 1 is 1.45 bits per heavy atom. The van der Waals surface area contributed by atoms with Gasteiger partial charge in [-0.1, -0.05) is 0 Å². The molecule has 1 saturated heterocycles. The van der Waals surface area contributed by atoms with Gasteiger partial charge in [-0.25, -0.2) is 0 Å². The first-order valence-corrected chi connectivity index (χ1v) is 7.50. The second-order valence-electron chi connectivity index (χ2n) is 5.74. The number of nitrogens with two attached hydrogens (primary N) is 1. The quantitative estimate of drug-likeness (QED) is 0.885. The fourth-order valence-electron chi connectivity index (χ4n) is 3.28. The van der Waals surface area contributed by atoms with E-state index in [0.717, 1.165) is 19.3 Å². The van der Waals surface area contributed by atoms with Crippen LogP contribution in [-0.4, -0.2) is 41.7 Å². The largest absolute Gasteiger partial charge is 0.378 e. The zero-order chi connectivity index (χ0) is 14.1. The van der Waals surface area contributed by atoms with Crippen LogP contribution in [0, 0.1) is 0 Å². The van der Waals surface area contributed by atoms with E-state index in [1.807, 2.05) is 18.0 Å². The molecule has 5 heteroatoms. The van der Waals surface area contributed by atoms with Crippen LogP contribution in [-0.2, 0) is 16.0 Å². The van der Waals surface area contributed by atoms with Gasteiger partial charge in [0, 0.05) is 31.0 Å². The molecule has 0 aromatic carbocycles. The standard InChI is InChI=1S/C15H23N3O2/c1-11(15(19)17-7-9-20-10-8-17)18-6-5-12-13(16)3-2-4-14(12)18/h5-6,11,13H,2-4,7-10,16H2,1H3. The number of carbonyl (C=O) groups is 1. The highest BCUT2D eigenvalue weighted by molar-refractivity contribution is 5.80. The molecule has 110 valence electrons. The molecule has 1 aliphatic heterocycles. The van der Waals surface area contributed by atoms with Gasteiger partial charge in [-0.3, -0.25) is 4.79 Å². The number of ether oxygens (including phenoxy) is 1. The van der Waals surface area contributed by atoms with Crippen molar-refractivity contribution in [3.63, 3.8) is 0 Å². The fourth-order valence-corrected chi connectivity index (χ4v) is 3.28. The van der Waals surface area contributed by atoms with E-state index in [1.54, 1.807) is 0 Å². The summed E-state index contributed by atoms with van der Waals surface area (Å²) in [5.74, 6) is 0.186. The monoisotopic (exact) mass is 277 g/mol. The van der Waals surface area contributed by atoms with Crippen molar-refractivity contribution in [2.45, 2.75) is 38.3 Å². The predicted molar refractivity (Wildman–Crippen MR) is 76.4 cm³/mol. The van der Waals surface area contributed by atoms with Crippen LogP contribution in [0.15, 0.2) is 12.3 Å². The Labute approximate surface area is 119 Å². The van der Waals surface area contributed by atoms with Crippen LogP contribution in [0.5, 0.6) is 0 Å². The number of carbonyl (C=O) groups excluding carboxylic acids is 1. The Morgan fingerprint density at radius 2 is 2.20 bits per heavy atom. The average molecular weight is 277 g/mol. The molecule has 1 fully saturated rings. The van der Waals surface area contributed by atoms with E-state index in [9.17, 15) is 4.79 Å². The van der Waals surface area contributed by atoms with Crippen molar-refractivity contribution in [2.75, 3.05) is 26.3 Å². The molecule has 2 N–H and O–H groups in total. The van der Waals surface area contributed by atoms with Gasteiger partial charge in [0.15, 0.2) is 0 Å². The molecule has 20 heavy (non-hydrogen) atoms. The first-order valence-electron chi connectivity index (χ1n) is 7.50. The SMILES string of the molecule is CC(C(=O)N1CCOCC1)n1ccc2c1CCCC2N. The summed E-state index contributed by atoms with van der Waals surface area (Å²) in [6.45, 7) is 4.68. The molecule has 2 atom stereocenters. The molecule has 0 saturated carbocycles. The van der Waals surface area contributed by atoms with E-state index >= 15 is 0 Å². The van der Waals surface area contributed by atoms with Crippen LogP contribution < -0.4 is 5.73 Å². The number of aromatic nitrogens is 1. The summed E-state index contributed by atoms with van der Waals surface area (Å²) in [5.41, 5.74) is 8.62. The molecule has 0 radical (unpaired) electrons. The lowest BCUT2D eigenvalue weighted by Crippen LogP contribution is -2.43. The highest BCUT2D eigenvalue weighted by Gasteiger charge is 2.27. The fraction of sp³-hybridized carbons (Fsp3) is 0.667. The lowest BCUT2D eigenvalue weighted by molar-refractivity contribution is -0.138. The molecule has 2 aliphatic rings. The second-order valence-corrected chi connectivity index (χ2v) is 5.74. The first kappa shape index (κ1) is 13.6. The molecule has 0 spiro atoms. The summed E-state index contributed by atoms with van der Waals surface area (Å²) >= 11 is 0. The number of hydrogen-bond acceptors (Lipinski definition) is 3. The smallest absolute Gasteiger partial charge is 0.245 e. The molecule has 1 amide bonds. The Kier molecular flexibility index (Phi) is 3.81. The van der Waals surface area contributed by atoms with E-state index in [1.165, 1.54) is 11.3 Å². The molecule has 5 nitrogen and oxygen atoms in total. The average Bonchev–Trinajstić information content (AvgIpc) is 2.92. The third kappa shape index (κ3) is 2.36. The van der Waals surface area contributed by atoms with Crippen molar-refractivity contribution in [3.05, 3.63) is 23.5 Å². The van der Waals surface area contributed by atoms with Crippen LogP contribution in [0.3, 0.4) is 0 Å². The molecule has 1 aliphatic carbocycles. The molecule has 3 rings (SSSR count). The van der Waals surface area contributed by atoms with Crippen LogP contribution in [0.2, 0.25) is 0 Å². The maximum atomic E-state index is 12.6. The summed E-state index contributed by atoms with van der Waals surface area (Å²) in [7, 11) is 0. The lowest BCUT2D eigenvalue weighted by atomic mass is 9.93. The van der Waals surface area contributed by atoms with Gasteiger partial charge in [0.05, 0.1) is 13.2 Å². The van der Waals surface area contributed by atoms with Gasteiger partial charge in [0.2, 0.25) is 5.91 Å². The Morgan fingerprint density at radius 3 is 2.95 bits per heavy atom. The minimum atomic E-state index is -0.151. The molecule has 0 bridgehead atoms. The predicted octanol–water partition coefficient (Wildman–Crippen LogP) is 1.24. The highest BCUT2D eigenvalue weighted by Crippen LogP contribution is 2.31. The van der Waals surface area contributed by atoms with Crippen molar-refractivity contribution in [1.29, 1.82) is 0 Å². The Hall–Kier alpha value is -1.33. The summed E-state index contributed by atoms with van der Waals surface area (Å²) < 4.78 is 7.42. The van der Waals surface area contributed by atoms with Crippen molar-refractivity contribution in [1.82, 2.24) is 9.47 Å². The maximum absolute atomic E-state index is 12.6. The van der Waals surface area contributed by atoms with E-state index in [4.69, 9.17) is 10.5 Å². The minimum Gasteiger partial charge on any atom is -0.378 e. The van der Waals surface area contributed by atoms with Crippen LogP contribution >= 0.6 is 0 Å². The molecule has 2 unspecified atom stereocenters. The molecular weight excluding hydrogens is 254 g/mol. The number of fused-ring (bicyclic) bond motifs is 1. The van der Waals surface area contributed by atoms with Gasteiger partial charge in [-0.15, -0.1) is 0 Å². The van der Waals surface area contributed by atoms with E-state index < -0.39 is 0 Å². The number of morpholine rings is 1. The summed E-state index contributed by atoms with van der Waals surface area (Å²) in [6.07, 6.45) is 5.20. The molecule has 1 aromatic rings. The third-order valence-electron chi connectivity index (χ3n) is 4.49. The topological polar surface area (TPSA) is 60.5 Å². The Balaban J connectivity index is 1.80. The van der Waals surface area contributed by atoms with E-state index in [-0.39, 0.29) is 18.0 Å². The number of hydrogen-bond donors (Lipinski definition) is 1. The number of amides is 1. The number of rotatable bonds is 2. The van der Waals surface area contributed by atoms with Crippen LogP contribution in [0.4, 0.5) is 0 Å². The van der Waals surface area contributed by atoms with Crippen molar-refractivity contribution in [2.24, 2.45) is 5.73 Å². The van der Waals surface area contributed by atoms with Crippen LogP contribution in [0.1, 0.15) is 43.1 Å². The van der Waals surface area contributed by atoms with Gasteiger partial charge in [-0.05, 0) is 37.8 Å². The molecular formula is C15H23N3O2. The van der Waals surface area contributed by atoms with Crippen molar-refractivity contribution in [3.8, 4) is 0 Å². The number of nitrogens with zero attached hydrogens (tertiary/aromatic N) is 2. The third-order valence-corrected chi connectivity index (χ3v) is 4.49. The van der Waals surface area contributed by atoms with Gasteiger partial charge < -0.3 is 19.9 Å². The maximum Gasteiger partial charge on any atom is 0.245 e. The zero-order valence-corrected chi connectivity index (χ0v) is 12.0. The molecule has 1 aromatic heterocycles. The second kappa shape index (κ2) is 5.58. The highest BCUT2D eigenvalue weighted by atomic mass is 16.5. The van der Waals surface area contributed by atoms with Gasteiger partial charge in [-0.2, -0.15) is 0 Å². The van der Waals surface area contributed by atoms with Crippen molar-refractivity contribution < 1.29 is 9.53 Å². The van der Waals surface area contributed by atoms with E-state index in [2.05, 4.69) is 10.6 Å². The summed E-state index contributed by atoms with van der Waals surface area (Å²) in [5, 5.41) is 0. The normalized spacial score (nSPS) is 24.3. The van der Waals surface area contributed by atoms with Crippen LogP contribution in [0.25, 0.3) is 0 Å². The van der Waals surface area contributed by atoms with Gasteiger partial charge in [0.25, 0.3) is 0 Å². The Bertz CT molecular complexity index is 491. The van der Waals surface area contributed by atoms with E-state index in [0.29, 0.717) is 26.3 Å². The first-order chi connectivity index (χ1) is 9.68. The summed E-state index contributed by atoms with van der Waals surface area (Å²) in [6, 6.07) is 2.07.